The van der Waals surface area contributed by atoms with Crippen LogP contribution in [0.1, 0.15) is 50.4 Å². The number of aromatic nitrogens is 1. The average Bonchev–Trinajstić information content (AvgIpc) is 3.47. The lowest BCUT2D eigenvalue weighted by atomic mass is 9.86. The van der Waals surface area contributed by atoms with Crippen molar-refractivity contribution in [3.8, 4) is 0 Å². The van der Waals surface area contributed by atoms with Crippen LogP contribution in [0.25, 0.3) is 6.08 Å². The van der Waals surface area contributed by atoms with Crippen molar-refractivity contribution in [1.82, 2.24) is 14.8 Å². The highest BCUT2D eigenvalue weighted by molar-refractivity contribution is 5.80. The molecule has 0 radical (unpaired) electrons. The van der Waals surface area contributed by atoms with Crippen LogP contribution in [-0.2, 0) is 11.3 Å². The zero-order valence-electron chi connectivity index (χ0n) is 16.8. The van der Waals surface area contributed by atoms with Crippen LogP contribution in [0.2, 0.25) is 0 Å². The highest BCUT2D eigenvalue weighted by Crippen LogP contribution is 2.49. The van der Waals surface area contributed by atoms with Crippen LogP contribution in [0.15, 0.2) is 23.0 Å². The van der Waals surface area contributed by atoms with Crippen molar-refractivity contribution >= 4 is 12.0 Å². The van der Waals surface area contributed by atoms with Gasteiger partial charge in [-0.25, -0.2) is 0 Å². The van der Waals surface area contributed by atoms with E-state index in [0.717, 1.165) is 18.7 Å². The van der Waals surface area contributed by atoms with E-state index >= 15 is 0 Å². The van der Waals surface area contributed by atoms with Gasteiger partial charge in [-0.3, -0.25) is 14.5 Å². The van der Waals surface area contributed by atoms with Gasteiger partial charge in [0.2, 0.25) is 5.91 Å². The fourth-order valence-corrected chi connectivity index (χ4v) is 5.06. The zero-order chi connectivity index (χ0) is 19.8. The minimum Gasteiger partial charge on any atom is -0.396 e. The largest absolute Gasteiger partial charge is 0.396 e. The Balaban J connectivity index is 1.78. The van der Waals surface area contributed by atoms with Crippen molar-refractivity contribution in [2.45, 2.75) is 51.7 Å². The van der Waals surface area contributed by atoms with Crippen LogP contribution < -0.4 is 10.9 Å². The second-order valence-electron chi connectivity index (χ2n) is 8.44. The number of nitrogens with one attached hydrogen (secondary N) is 1. The van der Waals surface area contributed by atoms with Gasteiger partial charge in [0.15, 0.2) is 0 Å². The molecule has 6 nitrogen and oxygen atoms in total. The summed E-state index contributed by atoms with van der Waals surface area (Å²) in [6.07, 6.45) is 7.06. The number of amides is 1. The maximum atomic E-state index is 13.1. The lowest BCUT2D eigenvalue weighted by Gasteiger charge is -2.38. The topological polar surface area (TPSA) is 74.6 Å². The number of aliphatic hydroxyl groups excluding tert-OH is 1. The van der Waals surface area contributed by atoms with Gasteiger partial charge in [-0.1, -0.05) is 19.1 Å². The summed E-state index contributed by atoms with van der Waals surface area (Å²) >= 11 is 0. The maximum absolute atomic E-state index is 13.1. The van der Waals surface area contributed by atoms with Gasteiger partial charge in [-0.15, -0.1) is 0 Å². The molecule has 0 aromatic carbocycles. The molecule has 0 unspecified atom stereocenters. The van der Waals surface area contributed by atoms with Gasteiger partial charge in [0.25, 0.3) is 5.56 Å². The Bertz CT molecular complexity index is 827. The Kier molecular flexibility index (Phi) is 5.43. The highest BCUT2D eigenvalue weighted by atomic mass is 16.3. The number of fused-ring (bicyclic) bond motifs is 4. The maximum Gasteiger partial charge on any atom is 0.258 e. The van der Waals surface area contributed by atoms with Gasteiger partial charge < -0.3 is 15.0 Å². The van der Waals surface area contributed by atoms with E-state index in [1.807, 2.05) is 42.7 Å². The minimum atomic E-state index is -0.319. The van der Waals surface area contributed by atoms with Crippen LogP contribution in [0.3, 0.4) is 0 Å². The van der Waals surface area contributed by atoms with Crippen molar-refractivity contribution in [1.29, 1.82) is 0 Å². The van der Waals surface area contributed by atoms with Gasteiger partial charge in [-0.05, 0) is 44.2 Å². The Morgan fingerprint density at radius 2 is 2.14 bits per heavy atom. The predicted octanol–water partition coefficient (Wildman–Crippen LogP) is 1.78. The smallest absolute Gasteiger partial charge is 0.258 e. The first-order valence-corrected chi connectivity index (χ1v) is 10.6. The number of nitrogens with zero attached hydrogens (tertiary/aromatic N) is 2. The van der Waals surface area contributed by atoms with Crippen molar-refractivity contribution < 1.29 is 9.90 Å². The van der Waals surface area contributed by atoms with Crippen molar-refractivity contribution in [3.05, 3.63) is 39.8 Å². The van der Waals surface area contributed by atoms with E-state index in [0.29, 0.717) is 24.6 Å². The quantitative estimate of drug-likeness (QED) is 0.750. The summed E-state index contributed by atoms with van der Waals surface area (Å²) in [6.45, 7) is 6.05. The van der Waals surface area contributed by atoms with Gasteiger partial charge in [0.1, 0.15) is 0 Å². The van der Waals surface area contributed by atoms with E-state index in [-0.39, 0.29) is 42.0 Å². The molecule has 2 N–H and O–H groups in total. The molecule has 1 amide bonds. The Hall–Kier alpha value is -1.92. The molecule has 1 saturated carbocycles. The van der Waals surface area contributed by atoms with Crippen LogP contribution in [0.5, 0.6) is 0 Å². The number of carbonyl (C=O) groups excluding carboxylic acids is 1. The molecule has 2 fully saturated rings. The van der Waals surface area contributed by atoms with E-state index in [1.54, 1.807) is 0 Å². The summed E-state index contributed by atoms with van der Waals surface area (Å²) in [4.78, 5) is 28.5. The third kappa shape index (κ3) is 3.22. The second-order valence-corrected chi connectivity index (χ2v) is 8.44. The van der Waals surface area contributed by atoms with E-state index in [4.69, 9.17) is 0 Å². The molecule has 6 heteroatoms. The summed E-state index contributed by atoms with van der Waals surface area (Å²) in [7, 11) is 0. The second kappa shape index (κ2) is 7.84. The number of aliphatic hydroxyl groups is 1. The molecule has 1 aromatic heterocycles. The summed E-state index contributed by atoms with van der Waals surface area (Å²) in [5.74, 6) is 0.223. The highest BCUT2D eigenvalue weighted by Gasteiger charge is 2.56. The number of hydrogen-bond acceptors (Lipinski definition) is 4. The van der Waals surface area contributed by atoms with Crippen molar-refractivity contribution in [2.24, 2.45) is 17.8 Å². The first-order chi connectivity index (χ1) is 13.6. The minimum absolute atomic E-state index is 0.00276. The summed E-state index contributed by atoms with van der Waals surface area (Å²) in [6, 6.07) is 3.77. The van der Waals surface area contributed by atoms with E-state index < -0.39 is 0 Å². The Morgan fingerprint density at radius 3 is 2.79 bits per heavy atom. The van der Waals surface area contributed by atoms with Crippen LogP contribution in [0.4, 0.5) is 0 Å². The average molecular weight is 386 g/mol. The fraction of sp³-hybridized carbons (Fsp3) is 0.636. The first kappa shape index (κ1) is 19.4. The van der Waals surface area contributed by atoms with E-state index in [9.17, 15) is 14.7 Å². The molecule has 4 atom stereocenters. The summed E-state index contributed by atoms with van der Waals surface area (Å²) in [5.41, 5.74) is 1.60. The fourth-order valence-electron chi connectivity index (χ4n) is 5.06. The van der Waals surface area contributed by atoms with Gasteiger partial charge in [0, 0.05) is 49.5 Å². The zero-order valence-corrected chi connectivity index (χ0v) is 16.8. The molecule has 1 aliphatic carbocycles. The normalized spacial score (nSPS) is 29.2. The lowest BCUT2D eigenvalue weighted by Crippen LogP contribution is -2.47. The monoisotopic (exact) mass is 385 g/mol. The van der Waals surface area contributed by atoms with E-state index in [1.165, 1.54) is 12.8 Å². The molecule has 2 bridgehead atoms. The lowest BCUT2D eigenvalue weighted by molar-refractivity contribution is -0.127. The molecule has 28 heavy (non-hydrogen) atoms. The molecule has 4 rings (SSSR count). The van der Waals surface area contributed by atoms with Crippen molar-refractivity contribution in [3.63, 3.8) is 0 Å². The predicted molar refractivity (Wildman–Crippen MR) is 109 cm³/mol. The Labute approximate surface area is 166 Å². The number of allylic oxidation sites excluding steroid dienone is 1. The molecule has 3 aliphatic rings. The van der Waals surface area contributed by atoms with Gasteiger partial charge in [-0.2, -0.15) is 0 Å². The van der Waals surface area contributed by atoms with Crippen LogP contribution >= 0.6 is 0 Å². The van der Waals surface area contributed by atoms with Crippen LogP contribution in [0, 0.1) is 17.8 Å². The summed E-state index contributed by atoms with van der Waals surface area (Å²) < 4.78 is 1.85. The van der Waals surface area contributed by atoms with Crippen LogP contribution in [-0.4, -0.2) is 46.2 Å². The standard InChI is InChI=1S/C22H31N3O3/c1-3-5-15-8-9-17-20-19(21(27)23-10-4-2)16(13-26)18(12-25(17)22(15)28)24(20)11-14-6-7-14/h3,5,8-9,14,16,18-20,26H,4,6-7,10-13H2,1-2H3,(H,23,27)/b5-3-/t16-,18-,19+,20+/m0/s1. The molecule has 1 aromatic rings. The number of pyridine rings is 1. The molecule has 2 aliphatic heterocycles. The molecular formula is C22H31N3O3. The van der Waals surface area contributed by atoms with Gasteiger partial charge in [0.05, 0.1) is 12.0 Å². The van der Waals surface area contributed by atoms with Crippen molar-refractivity contribution in [2.75, 3.05) is 19.7 Å². The van der Waals surface area contributed by atoms with Gasteiger partial charge >= 0.3 is 0 Å². The van der Waals surface area contributed by atoms with E-state index in [2.05, 4.69) is 10.2 Å². The third-order valence-electron chi connectivity index (χ3n) is 6.56. The molecule has 3 heterocycles. The molecule has 1 saturated heterocycles. The molecule has 0 spiro atoms. The third-order valence-corrected chi connectivity index (χ3v) is 6.56. The first-order valence-electron chi connectivity index (χ1n) is 10.6. The number of carbonyl (C=O) groups is 1. The molecular weight excluding hydrogens is 354 g/mol. The summed E-state index contributed by atoms with van der Waals surface area (Å²) in [5, 5.41) is 13.2. The Morgan fingerprint density at radius 1 is 1.36 bits per heavy atom. The SMILES string of the molecule is C/C=C\c1ccc2n(c1=O)C[C@H]1[C@H](CO)[C@@H](C(=O)NCCC)[C@@H]2N1CC1CC1. The number of hydrogen-bond donors (Lipinski definition) is 2. The molecule has 152 valence electrons. The number of rotatable bonds is 7.